The van der Waals surface area contributed by atoms with E-state index in [2.05, 4.69) is 6.92 Å². The van der Waals surface area contributed by atoms with E-state index in [4.69, 9.17) is 4.74 Å². The summed E-state index contributed by atoms with van der Waals surface area (Å²) < 4.78 is 4.88. The van der Waals surface area contributed by atoms with Crippen molar-refractivity contribution in [2.75, 3.05) is 13.2 Å². The summed E-state index contributed by atoms with van der Waals surface area (Å²) in [4.78, 5) is 0. The first-order valence-corrected chi connectivity index (χ1v) is 2.40. The molecule has 0 rings (SSSR count). The van der Waals surface area contributed by atoms with Crippen LogP contribution in [0.2, 0.25) is 0 Å². The van der Waals surface area contributed by atoms with Crippen molar-refractivity contribution in [2.45, 2.75) is 6.92 Å². The Morgan fingerprint density at radius 2 is 2.43 bits per heavy atom. The van der Waals surface area contributed by atoms with Gasteiger partial charge in [0.15, 0.2) is 0 Å². The van der Waals surface area contributed by atoms with E-state index in [1.807, 2.05) is 19.1 Å². The van der Waals surface area contributed by atoms with Gasteiger partial charge in [0.1, 0.15) is 0 Å². The van der Waals surface area contributed by atoms with Gasteiger partial charge in [-0.1, -0.05) is 12.2 Å². The lowest BCUT2D eigenvalue weighted by atomic mass is 10.5. The van der Waals surface area contributed by atoms with E-state index < -0.39 is 0 Å². The van der Waals surface area contributed by atoms with Crippen LogP contribution in [-0.4, -0.2) is 13.2 Å². The van der Waals surface area contributed by atoms with Crippen molar-refractivity contribution < 1.29 is 4.74 Å². The van der Waals surface area contributed by atoms with E-state index in [0.717, 1.165) is 0 Å². The van der Waals surface area contributed by atoms with Crippen LogP contribution in [0.25, 0.3) is 0 Å². The molecule has 0 aromatic carbocycles. The third kappa shape index (κ3) is 5.70. The van der Waals surface area contributed by atoms with Gasteiger partial charge < -0.3 is 4.74 Å². The van der Waals surface area contributed by atoms with E-state index in [9.17, 15) is 0 Å². The van der Waals surface area contributed by atoms with Gasteiger partial charge in [-0.25, -0.2) is 0 Å². The summed E-state index contributed by atoms with van der Waals surface area (Å²) in [6.07, 6.45) is 3.90. The molecule has 0 saturated heterocycles. The Kier molecular flexibility index (Phi) is 5.46. The Morgan fingerprint density at radius 1 is 1.71 bits per heavy atom. The molecule has 0 atom stereocenters. The van der Waals surface area contributed by atoms with Gasteiger partial charge >= 0.3 is 0 Å². The number of rotatable bonds is 3. The smallest absolute Gasteiger partial charge is 0.0647 e. The largest absolute Gasteiger partial charge is 0.377 e. The zero-order valence-electron chi connectivity index (χ0n) is 4.68. The standard InChI is InChI=1S/C6H11O/c1-3-5-6-7-4-2/h3,5H,2,4,6H2,1H3. The maximum atomic E-state index is 4.88. The van der Waals surface area contributed by atoms with Gasteiger partial charge in [0.25, 0.3) is 0 Å². The Bertz CT molecular complexity index is 48.1. The molecule has 0 aliphatic carbocycles. The second-order valence-electron chi connectivity index (χ2n) is 1.14. The van der Waals surface area contributed by atoms with E-state index >= 15 is 0 Å². The molecule has 1 radical (unpaired) electrons. The average Bonchev–Trinajstić information content (AvgIpc) is 1.69. The van der Waals surface area contributed by atoms with Gasteiger partial charge in [-0.15, -0.1) is 0 Å². The number of hydrogen-bond acceptors (Lipinski definition) is 1. The molecule has 0 amide bonds. The molecule has 0 aromatic heterocycles. The van der Waals surface area contributed by atoms with E-state index in [-0.39, 0.29) is 0 Å². The zero-order valence-corrected chi connectivity index (χ0v) is 4.68. The lowest BCUT2D eigenvalue weighted by molar-refractivity contribution is 0.192. The van der Waals surface area contributed by atoms with Crippen molar-refractivity contribution >= 4 is 0 Å². The fraction of sp³-hybridized carbons (Fsp3) is 0.500. The summed E-state index contributed by atoms with van der Waals surface area (Å²) in [5, 5.41) is 0. The summed E-state index contributed by atoms with van der Waals surface area (Å²) >= 11 is 0. The van der Waals surface area contributed by atoms with Gasteiger partial charge in [-0.05, 0) is 13.8 Å². The molecule has 7 heavy (non-hydrogen) atoms. The predicted molar refractivity (Wildman–Crippen MR) is 31.0 cm³/mol. The second kappa shape index (κ2) is 5.70. The summed E-state index contributed by atoms with van der Waals surface area (Å²) in [6, 6.07) is 0. The maximum absolute atomic E-state index is 4.88. The van der Waals surface area contributed by atoms with E-state index in [1.165, 1.54) is 0 Å². The Balaban J connectivity index is 2.69. The summed E-state index contributed by atoms with van der Waals surface area (Å²) in [5.74, 6) is 0. The minimum absolute atomic E-state index is 0.560. The predicted octanol–water partition coefficient (Wildman–Crippen LogP) is 1.41. The minimum atomic E-state index is 0.560. The summed E-state index contributed by atoms with van der Waals surface area (Å²) in [6.45, 7) is 6.72. The topological polar surface area (TPSA) is 9.23 Å². The van der Waals surface area contributed by atoms with Gasteiger partial charge in [-0.3, -0.25) is 0 Å². The number of hydrogen-bond donors (Lipinski definition) is 0. The molecule has 0 aliphatic rings. The Hall–Kier alpha value is -0.300. The quantitative estimate of drug-likeness (QED) is 0.384. The molecule has 0 aromatic rings. The first-order valence-electron chi connectivity index (χ1n) is 2.40. The van der Waals surface area contributed by atoms with Crippen LogP contribution in [0.15, 0.2) is 12.2 Å². The van der Waals surface area contributed by atoms with Crippen LogP contribution in [0, 0.1) is 6.92 Å². The van der Waals surface area contributed by atoms with Gasteiger partial charge in [-0.2, -0.15) is 0 Å². The third-order valence-electron chi connectivity index (χ3n) is 0.594. The highest BCUT2D eigenvalue weighted by Gasteiger charge is 1.70. The molecule has 0 aliphatic heterocycles. The highest BCUT2D eigenvalue weighted by molar-refractivity contribution is 4.75. The molecular formula is C6H11O. The van der Waals surface area contributed by atoms with Crippen molar-refractivity contribution in [1.82, 2.24) is 0 Å². The van der Waals surface area contributed by atoms with Crippen molar-refractivity contribution in [3.05, 3.63) is 19.1 Å². The molecule has 41 valence electrons. The molecule has 0 fully saturated rings. The van der Waals surface area contributed by atoms with Crippen molar-refractivity contribution in [2.24, 2.45) is 0 Å². The monoisotopic (exact) mass is 99.1 g/mol. The van der Waals surface area contributed by atoms with Gasteiger partial charge in [0.05, 0.1) is 6.61 Å². The highest BCUT2D eigenvalue weighted by atomic mass is 16.5. The van der Waals surface area contributed by atoms with Crippen LogP contribution < -0.4 is 0 Å². The summed E-state index contributed by atoms with van der Waals surface area (Å²) in [7, 11) is 0. The first kappa shape index (κ1) is 6.70. The molecule has 0 saturated carbocycles. The molecule has 0 N–H and O–H groups in total. The van der Waals surface area contributed by atoms with Crippen LogP contribution in [-0.2, 0) is 4.74 Å². The molecule has 0 spiro atoms. The molecule has 1 nitrogen and oxygen atoms in total. The third-order valence-corrected chi connectivity index (χ3v) is 0.594. The molecular weight excluding hydrogens is 88.1 g/mol. The number of allylic oxidation sites excluding steroid dienone is 1. The van der Waals surface area contributed by atoms with Crippen LogP contribution in [0.5, 0.6) is 0 Å². The van der Waals surface area contributed by atoms with Gasteiger partial charge in [0, 0.05) is 6.61 Å². The van der Waals surface area contributed by atoms with Crippen LogP contribution in [0.3, 0.4) is 0 Å². The fourth-order valence-electron chi connectivity index (χ4n) is 0.248. The van der Waals surface area contributed by atoms with E-state index in [0.29, 0.717) is 13.2 Å². The van der Waals surface area contributed by atoms with Gasteiger partial charge in [0.2, 0.25) is 0 Å². The molecule has 0 unspecified atom stereocenters. The Labute approximate surface area is 45.0 Å². The second-order valence-corrected chi connectivity index (χ2v) is 1.14. The normalized spacial score (nSPS) is 10.6. The van der Waals surface area contributed by atoms with Crippen LogP contribution in [0.4, 0.5) is 0 Å². The molecule has 0 bridgehead atoms. The lowest BCUT2D eigenvalue weighted by Gasteiger charge is -1.89. The number of ether oxygens (including phenoxy) is 1. The summed E-state index contributed by atoms with van der Waals surface area (Å²) in [5.41, 5.74) is 0. The SMILES string of the molecule is [CH2]COCC=CC. The Morgan fingerprint density at radius 3 is 2.86 bits per heavy atom. The van der Waals surface area contributed by atoms with E-state index in [1.54, 1.807) is 0 Å². The van der Waals surface area contributed by atoms with Crippen molar-refractivity contribution in [1.29, 1.82) is 0 Å². The average molecular weight is 99.2 g/mol. The highest BCUT2D eigenvalue weighted by Crippen LogP contribution is 1.73. The lowest BCUT2D eigenvalue weighted by Crippen LogP contribution is -1.87. The molecule has 1 heteroatoms. The van der Waals surface area contributed by atoms with Crippen molar-refractivity contribution in [3.8, 4) is 0 Å². The minimum Gasteiger partial charge on any atom is -0.377 e. The zero-order chi connectivity index (χ0) is 5.54. The fourth-order valence-corrected chi connectivity index (χ4v) is 0.248. The van der Waals surface area contributed by atoms with Crippen LogP contribution in [0.1, 0.15) is 6.92 Å². The maximum Gasteiger partial charge on any atom is 0.0647 e. The van der Waals surface area contributed by atoms with Crippen LogP contribution >= 0.6 is 0 Å². The van der Waals surface area contributed by atoms with Crippen molar-refractivity contribution in [3.63, 3.8) is 0 Å². The first-order chi connectivity index (χ1) is 3.41. The molecule has 0 heterocycles.